The molecule has 0 aromatic heterocycles. The Labute approximate surface area is 114 Å². The second kappa shape index (κ2) is 6.89. The molecular formula is C11H19F3N3O3+. The highest BCUT2D eigenvalue weighted by Crippen LogP contribution is 2.11. The number of morpholine rings is 1. The molecule has 3 N–H and O–H groups in total. The summed E-state index contributed by atoms with van der Waals surface area (Å²) in [6.45, 7) is 3.54. The van der Waals surface area contributed by atoms with Gasteiger partial charge in [0.1, 0.15) is 31.8 Å². The minimum atomic E-state index is -4.50. The van der Waals surface area contributed by atoms with Crippen molar-refractivity contribution in [2.75, 3.05) is 26.2 Å². The number of imide groups is 1. The van der Waals surface area contributed by atoms with Crippen LogP contribution in [0.5, 0.6) is 0 Å². The van der Waals surface area contributed by atoms with E-state index in [4.69, 9.17) is 4.74 Å². The van der Waals surface area contributed by atoms with Gasteiger partial charge in [-0.05, 0) is 13.8 Å². The van der Waals surface area contributed by atoms with Crippen molar-refractivity contribution in [1.82, 2.24) is 10.6 Å². The summed E-state index contributed by atoms with van der Waals surface area (Å²) in [7, 11) is 0. The molecule has 2 atom stereocenters. The molecule has 116 valence electrons. The molecule has 1 saturated heterocycles. The summed E-state index contributed by atoms with van der Waals surface area (Å²) in [6, 6.07) is -1.14. The Balaban J connectivity index is 2.30. The van der Waals surface area contributed by atoms with Crippen molar-refractivity contribution < 1.29 is 32.4 Å². The maximum absolute atomic E-state index is 11.9. The molecule has 0 bridgehead atoms. The first-order valence-corrected chi connectivity index (χ1v) is 6.29. The number of quaternary nitrogens is 1. The van der Waals surface area contributed by atoms with Gasteiger partial charge in [-0.1, -0.05) is 0 Å². The molecule has 0 saturated carbocycles. The third kappa shape index (κ3) is 6.71. The van der Waals surface area contributed by atoms with Gasteiger partial charge >= 0.3 is 12.2 Å². The summed E-state index contributed by atoms with van der Waals surface area (Å²) in [5, 5.41) is 3.46. The second-order valence-electron chi connectivity index (χ2n) is 4.94. The van der Waals surface area contributed by atoms with Crippen LogP contribution in [0.15, 0.2) is 0 Å². The standard InChI is InChI=1S/C11H18F3N3O3/c1-7-3-17(4-8(2)20-7)5-9(18)16-10(19)15-6-11(12,13)14/h7-8H,3-6H2,1-2H3,(H2,15,16,18,19)/p+1/t7-,8-/m0/s1. The van der Waals surface area contributed by atoms with E-state index in [2.05, 4.69) is 0 Å². The van der Waals surface area contributed by atoms with Gasteiger partial charge in [0.15, 0.2) is 6.54 Å². The summed E-state index contributed by atoms with van der Waals surface area (Å²) >= 11 is 0. The topological polar surface area (TPSA) is 71.9 Å². The Bertz CT molecular complexity index is 353. The van der Waals surface area contributed by atoms with Crippen LogP contribution in [0.4, 0.5) is 18.0 Å². The molecule has 20 heavy (non-hydrogen) atoms. The highest BCUT2D eigenvalue weighted by Gasteiger charge is 2.29. The van der Waals surface area contributed by atoms with Gasteiger partial charge in [-0.15, -0.1) is 0 Å². The molecule has 6 nitrogen and oxygen atoms in total. The van der Waals surface area contributed by atoms with Crippen LogP contribution in [-0.4, -0.2) is 56.5 Å². The van der Waals surface area contributed by atoms with E-state index >= 15 is 0 Å². The smallest absolute Gasteiger partial charge is 0.364 e. The minimum Gasteiger partial charge on any atom is -0.364 e. The number of carbonyl (C=O) groups excluding carboxylic acids is 2. The van der Waals surface area contributed by atoms with E-state index in [1.165, 1.54) is 0 Å². The van der Waals surface area contributed by atoms with Crippen LogP contribution in [0.2, 0.25) is 0 Å². The van der Waals surface area contributed by atoms with E-state index in [0.29, 0.717) is 13.1 Å². The van der Waals surface area contributed by atoms with Crippen LogP contribution in [-0.2, 0) is 9.53 Å². The quantitative estimate of drug-likeness (QED) is 0.630. The van der Waals surface area contributed by atoms with Crippen molar-refractivity contribution in [2.45, 2.75) is 32.2 Å². The Morgan fingerprint density at radius 2 is 1.80 bits per heavy atom. The fourth-order valence-corrected chi connectivity index (χ4v) is 2.16. The SMILES string of the molecule is C[C@H]1C[NH+](CC(=O)NC(=O)NCC(F)(F)F)C[C@H](C)O1. The van der Waals surface area contributed by atoms with Crippen molar-refractivity contribution in [3.63, 3.8) is 0 Å². The Hall–Kier alpha value is -1.35. The first-order valence-electron chi connectivity index (χ1n) is 6.29. The number of rotatable bonds is 3. The van der Waals surface area contributed by atoms with Crippen LogP contribution in [0.25, 0.3) is 0 Å². The fraction of sp³-hybridized carbons (Fsp3) is 0.818. The van der Waals surface area contributed by atoms with Crippen LogP contribution in [0.1, 0.15) is 13.8 Å². The van der Waals surface area contributed by atoms with Gasteiger partial charge in [-0.2, -0.15) is 13.2 Å². The number of hydrogen-bond acceptors (Lipinski definition) is 3. The molecule has 1 aliphatic heterocycles. The van der Waals surface area contributed by atoms with E-state index in [1.807, 2.05) is 19.2 Å². The molecular weight excluding hydrogens is 279 g/mol. The number of hydrogen-bond donors (Lipinski definition) is 3. The van der Waals surface area contributed by atoms with Crippen molar-refractivity contribution in [1.29, 1.82) is 0 Å². The van der Waals surface area contributed by atoms with Gasteiger partial charge < -0.3 is 15.0 Å². The maximum atomic E-state index is 11.9. The lowest BCUT2D eigenvalue weighted by Crippen LogP contribution is -3.16. The molecule has 0 spiro atoms. The molecule has 1 heterocycles. The Morgan fingerprint density at radius 3 is 2.30 bits per heavy atom. The largest absolute Gasteiger partial charge is 0.405 e. The predicted molar refractivity (Wildman–Crippen MR) is 63.2 cm³/mol. The van der Waals surface area contributed by atoms with Crippen molar-refractivity contribution in [3.8, 4) is 0 Å². The lowest BCUT2D eigenvalue weighted by atomic mass is 10.2. The molecule has 9 heteroatoms. The first kappa shape index (κ1) is 16.7. The summed E-state index contributed by atoms with van der Waals surface area (Å²) in [4.78, 5) is 23.6. The summed E-state index contributed by atoms with van der Waals surface area (Å²) in [5.41, 5.74) is 0. The third-order valence-electron chi connectivity index (χ3n) is 2.73. The molecule has 0 aromatic carbocycles. The van der Waals surface area contributed by atoms with Crippen molar-refractivity contribution in [2.24, 2.45) is 0 Å². The van der Waals surface area contributed by atoms with E-state index in [1.54, 1.807) is 5.32 Å². The average Bonchev–Trinajstić information content (AvgIpc) is 2.23. The Kier molecular flexibility index (Phi) is 5.75. The van der Waals surface area contributed by atoms with E-state index < -0.39 is 24.7 Å². The number of alkyl halides is 3. The normalized spacial score (nSPS) is 26.9. The minimum absolute atomic E-state index is 0.000561. The van der Waals surface area contributed by atoms with Crippen molar-refractivity contribution >= 4 is 11.9 Å². The van der Waals surface area contributed by atoms with Gasteiger partial charge in [0.2, 0.25) is 0 Å². The molecule has 0 aliphatic carbocycles. The number of urea groups is 1. The highest BCUT2D eigenvalue weighted by atomic mass is 19.4. The lowest BCUT2D eigenvalue weighted by Gasteiger charge is -2.31. The summed E-state index contributed by atoms with van der Waals surface area (Å²) in [5.74, 6) is -0.610. The van der Waals surface area contributed by atoms with E-state index in [9.17, 15) is 22.8 Å². The zero-order valence-electron chi connectivity index (χ0n) is 11.3. The third-order valence-corrected chi connectivity index (χ3v) is 2.73. The van der Waals surface area contributed by atoms with Gasteiger partial charge in [0, 0.05) is 0 Å². The number of carbonyl (C=O) groups is 2. The number of ether oxygens (including phenoxy) is 1. The molecule has 0 radical (unpaired) electrons. The maximum Gasteiger partial charge on any atom is 0.405 e. The van der Waals surface area contributed by atoms with Crippen molar-refractivity contribution in [3.05, 3.63) is 0 Å². The van der Waals surface area contributed by atoms with Crippen LogP contribution < -0.4 is 15.5 Å². The monoisotopic (exact) mass is 298 g/mol. The van der Waals surface area contributed by atoms with Gasteiger partial charge in [0.25, 0.3) is 5.91 Å². The molecule has 0 unspecified atom stereocenters. The van der Waals surface area contributed by atoms with Crippen LogP contribution in [0, 0.1) is 0 Å². The second-order valence-corrected chi connectivity index (χ2v) is 4.94. The van der Waals surface area contributed by atoms with Gasteiger partial charge in [0.05, 0.1) is 0 Å². The van der Waals surface area contributed by atoms with E-state index in [-0.39, 0.29) is 18.8 Å². The number of nitrogens with one attached hydrogen (secondary N) is 3. The highest BCUT2D eigenvalue weighted by molar-refractivity contribution is 5.94. The first-order chi connectivity index (χ1) is 9.15. The molecule has 1 aliphatic rings. The van der Waals surface area contributed by atoms with Gasteiger partial charge in [-0.25, -0.2) is 4.79 Å². The zero-order chi connectivity index (χ0) is 15.3. The molecule has 1 fully saturated rings. The number of amides is 3. The van der Waals surface area contributed by atoms with Gasteiger partial charge in [-0.3, -0.25) is 10.1 Å². The number of halogens is 3. The fourth-order valence-electron chi connectivity index (χ4n) is 2.16. The molecule has 3 amide bonds. The lowest BCUT2D eigenvalue weighted by molar-refractivity contribution is -0.907. The average molecular weight is 298 g/mol. The van der Waals surface area contributed by atoms with Crippen LogP contribution >= 0.6 is 0 Å². The molecule has 1 rings (SSSR count). The predicted octanol–water partition coefficient (Wildman–Crippen LogP) is -0.933. The van der Waals surface area contributed by atoms with Crippen LogP contribution in [0.3, 0.4) is 0 Å². The zero-order valence-corrected chi connectivity index (χ0v) is 11.3. The summed E-state index contributed by atoms with van der Waals surface area (Å²) in [6.07, 6.45) is -4.50. The summed E-state index contributed by atoms with van der Waals surface area (Å²) < 4.78 is 41.1. The van der Waals surface area contributed by atoms with E-state index in [0.717, 1.165) is 4.90 Å². The Morgan fingerprint density at radius 1 is 1.25 bits per heavy atom. The molecule has 0 aromatic rings.